The lowest BCUT2D eigenvalue weighted by Gasteiger charge is -2.06. The number of hydrogen-bond acceptors (Lipinski definition) is 4. The van der Waals surface area contributed by atoms with Gasteiger partial charge in [-0.05, 0) is 43.5 Å². The molecule has 2 aromatic carbocycles. The van der Waals surface area contributed by atoms with E-state index in [0.29, 0.717) is 35.1 Å². The van der Waals surface area contributed by atoms with Gasteiger partial charge in [0.15, 0.2) is 4.80 Å². The number of rotatable bonds is 6. The van der Waals surface area contributed by atoms with Crippen LogP contribution in [0.2, 0.25) is 5.02 Å². The van der Waals surface area contributed by atoms with Crippen LogP contribution in [0.5, 0.6) is 0 Å². The highest BCUT2D eigenvalue weighted by atomic mass is 35.5. The largest absolute Gasteiger partial charge is 0.380 e. The van der Waals surface area contributed by atoms with Crippen molar-refractivity contribution in [1.82, 2.24) is 4.57 Å². The van der Waals surface area contributed by atoms with Crippen LogP contribution in [-0.2, 0) is 11.3 Å². The molecule has 0 atom stereocenters. The number of carbonyl (C=O) groups is 1. The van der Waals surface area contributed by atoms with Crippen LogP contribution in [-0.4, -0.2) is 29.9 Å². The summed E-state index contributed by atoms with van der Waals surface area (Å²) in [7, 11) is 0. The zero-order valence-corrected chi connectivity index (χ0v) is 17.0. The van der Waals surface area contributed by atoms with Gasteiger partial charge in [-0.2, -0.15) is 4.99 Å². The van der Waals surface area contributed by atoms with Crippen molar-refractivity contribution >= 4 is 50.8 Å². The maximum atomic E-state index is 12.8. The number of aromatic nitrogens is 1. The minimum Gasteiger partial charge on any atom is -0.380 e. The van der Waals surface area contributed by atoms with E-state index in [1.165, 1.54) is 11.3 Å². The number of ether oxygens (including phenoxy) is 1. The Morgan fingerprint density at radius 3 is 2.88 bits per heavy atom. The average Bonchev–Trinajstić information content (AvgIpc) is 2.98. The molecule has 0 aliphatic carbocycles. The van der Waals surface area contributed by atoms with Crippen LogP contribution in [0.3, 0.4) is 0 Å². The number of nitrogens with zero attached hydrogens (tertiary/aromatic N) is 2. The smallest absolute Gasteiger partial charge is 0.280 e. The lowest BCUT2D eigenvalue weighted by atomic mass is 10.2. The first-order chi connectivity index (χ1) is 12.6. The van der Waals surface area contributed by atoms with E-state index in [1.807, 2.05) is 60.2 Å². The first kappa shape index (κ1) is 19.2. The van der Waals surface area contributed by atoms with Gasteiger partial charge in [-0.1, -0.05) is 35.1 Å². The second-order valence-electron chi connectivity index (χ2n) is 5.46. The summed E-state index contributed by atoms with van der Waals surface area (Å²) in [4.78, 5) is 18.8. The number of thiazole rings is 1. The van der Waals surface area contributed by atoms with E-state index in [2.05, 4.69) is 4.99 Å². The van der Waals surface area contributed by atoms with Gasteiger partial charge < -0.3 is 9.30 Å². The van der Waals surface area contributed by atoms with Crippen molar-refractivity contribution in [2.24, 2.45) is 4.99 Å². The minimum atomic E-state index is -0.238. The fourth-order valence-corrected chi connectivity index (χ4v) is 4.54. The summed E-state index contributed by atoms with van der Waals surface area (Å²) in [5.41, 5.74) is 1.62. The summed E-state index contributed by atoms with van der Waals surface area (Å²) in [6.45, 7) is 3.81. The van der Waals surface area contributed by atoms with E-state index < -0.39 is 0 Å². The fraction of sp³-hybridized carbons (Fsp3) is 0.263. The van der Waals surface area contributed by atoms with Gasteiger partial charge in [0, 0.05) is 23.1 Å². The van der Waals surface area contributed by atoms with Crippen LogP contribution in [0.4, 0.5) is 0 Å². The Kier molecular flexibility index (Phi) is 6.53. The summed E-state index contributed by atoms with van der Waals surface area (Å²) in [5, 5.41) is 0.668. The SMILES string of the molecule is CCOCCn1c(=NC(=O)c2ccccc2SC)sc2cc(Cl)ccc21. The van der Waals surface area contributed by atoms with E-state index in [4.69, 9.17) is 16.3 Å². The third-order valence-electron chi connectivity index (χ3n) is 3.84. The molecule has 136 valence electrons. The van der Waals surface area contributed by atoms with Gasteiger partial charge in [0.2, 0.25) is 0 Å². The standard InChI is InChI=1S/C19H19ClN2O2S2/c1-3-24-11-10-22-15-9-8-13(20)12-17(15)26-19(22)21-18(23)14-6-4-5-7-16(14)25-2/h4-9,12H,3,10-11H2,1-2H3. The highest BCUT2D eigenvalue weighted by Crippen LogP contribution is 2.23. The molecule has 0 unspecified atom stereocenters. The number of amides is 1. The molecular weight excluding hydrogens is 388 g/mol. The molecule has 0 saturated carbocycles. The third kappa shape index (κ3) is 4.20. The molecule has 0 spiro atoms. The monoisotopic (exact) mass is 406 g/mol. The lowest BCUT2D eigenvalue weighted by molar-refractivity contribution is 0.0994. The highest BCUT2D eigenvalue weighted by Gasteiger charge is 2.12. The van der Waals surface area contributed by atoms with Crippen LogP contribution >= 0.6 is 34.7 Å². The second-order valence-corrected chi connectivity index (χ2v) is 7.76. The Hall–Kier alpha value is -1.60. The van der Waals surface area contributed by atoms with Gasteiger partial charge in [-0.15, -0.1) is 11.8 Å². The van der Waals surface area contributed by atoms with Crippen molar-refractivity contribution in [1.29, 1.82) is 0 Å². The van der Waals surface area contributed by atoms with Crippen molar-refractivity contribution < 1.29 is 9.53 Å². The number of hydrogen-bond donors (Lipinski definition) is 0. The van der Waals surface area contributed by atoms with Gasteiger partial charge in [0.05, 0.1) is 22.4 Å². The Bertz CT molecular complexity index is 995. The van der Waals surface area contributed by atoms with Crippen molar-refractivity contribution in [3.05, 3.63) is 57.9 Å². The molecule has 4 nitrogen and oxygen atoms in total. The second kappa shape index (κ2) is 8.86. The van der Waals surface area contributed by atoms with Crippen LogP contribution in [0.1, 0.15) is 17.3 Å². The predicted octanol–water partition coefficient (Wildman–Crippen LogP) is 4.86. The molecular formula is C19H19ClN2O2S2. The Morgan fingerprint density at radius 2 is 2.12 bits per heavy atom. The first-order valence-electron chi connectivity index (χ1n) is 8.22. The van der Waals surface area contributed by atoms with E-state index in [-0.39, 0.29) is 5.91 Å². The van der Waals surface area contributed by atoms with Crippen molar-refractivity contribution in [2.45, 2.75) is 18.4 Å². The predicted molar refractivity (Wildman–Crippen MR) is 109 cm³/mol. The number of thioether (sulfide) groups is 1. The maximum Gasteiger partial charge on any atom is 0.280 e. The molecule has 3 rings (SSSR count). The number of carbonyl (C=O) groups excluding carboxylic acids is 1. The van der Waals surface area contributed by atoms with Crippen molar-refractivity contribution in [3.63, 3.8) is 0 Å². The molecule has 0 N–H and O–H groups in total. The molecule has 1 amide bonds. The Labute approximate surface area is 165 Å². The highest BCUT2D eigenvalue weighted by molar-refractivity contribution is 7.98. The normalized spacial score (nSPS) is 12.0. The van der Waals surface area contributed by atoms with Crippen molar-refractivity contribution in [3.8, 4) is 0 Å². The van der Waals surface area contributed by atoms with E-state index in [1.54, 1.807) is 11.8 Å². The molecule has 0 radical (unpaired) electrons. The van der Waals surface area contributed by atoms with Gasteiger partial charge in [0.25, 0.3) is 5.91 Å². The average molecular weight is 407 g/mol. The fourth-order valence-electron chi connectivity index (χ4n) is 2.62. The summed E-state index contributed by atoms with van der Waals surface area (Å²) >= 11 is 9.12. The molecule has 7 heteroatoms. The zero-order chi connectivity index (χ0) is 18.5. The van der Waals surface area contributed by atoms with E-state index in [0.717, 1.165) is 15.1 Å². The first-order valence-corrected chi connectivity index (χ1v) is 10.6. The summed E-state index contributed by atoms with van der Waals surface area (Å²) < 4.78 is 8.51. The number of fused-ring (bicyclic) bond motifs is 1. The van der Waals surface area contributed by atoms with Crippen molar-refractivity contribution in [2.75, 3.05) is 19.5 Å². The van der Waals surface area contributed by atoms with Gasteiger partial charge in [-0.25, -0.2) is 0 Å². The van der Waals surface area contributed by atoms with Crippen LogP contribution in [0.25, 0.3) is 10.2 Å². The Balaban J connectivity index is 2.08. The van der Waals surface area contributed by atoms with Crippen LogP contribution in [0, 0.1) is 0 Å². The molecule has 0 aliphatic rings. The molecule has 3 aromatic rings. The summed E-state index contributed by atoms with van der Waals surface area (Å²) in [6.07, 6.45) is 1.95. The van der Waals surface area contributed by atoms with Crippen LogP contribution in [0.15, 0.2) is 52.4 Å². The topological polar surface area (TPSA) is 43.6 Å². The Morgan fingerprint density at radius 1 is 1.31 bits per heavy atom. The molecule has 1 aromatic heterocycles. The molecule has 0 saturated heterocycles. The number of halogens is 1. The zero-order valence-electron chi connectivity index (χ0n) is 14.6. The number of benzene rings is 2. The molecule has 0 bridgehead atoms. The van der Waals surface area contributed by atoms with E-state index in [9.17, 15) is 4.79 Å². The maximum absolute atomic E-state index is 12.8. The molecule has 1 heterocycles. The van der Waals surface area contributed by atoms with Gasteiger partial charge in [-0.3, -0.25) is 4.79 Å². The molecule has 0 aliphatic heterocycles. The van der Waals surface area contributed by atoms with E-state index >= 15 is 0 Å². The van der Waals surface area contributed by atoms with Gasteiger partial charge >= 0.3 is 0 Å². The molecule has 0 fully saturated rings. The third-order valence-corrected chi connectivity index (χ3v) is 5.91. The quantitative estimate of drug-likeness (QED) is 0.434. The minimum absolute atomic E-state index is 0.238. The van der Waals surface area contributed by atoms with Crippen LogP contribution < -0.4 is 4.80 Å². The van der Waals surface area contributed by atoms with Gasteiger partial charge in [0.1, 0.15) is 0 Å². The summed E-state index contributed by atoms with van der Waals surface area (Å²) in [5.74, 6) is -0.238. The summed E-state index contributed by atoms with van der Waals surface area (Å²) in [6, 6.07) is 13.2. The molecule has 26 heavy (non-hydrogen) atoms. The lowest BCUT2D eigenvalue weighted by Crippen LogP contribution is -2.19.